The molecule has 0 aromatic carbocycles. The number of urea groups is 1. The number of carbonyl (C=O) groups is 1. The number of nitrogens with one attached hydrogen (secondary N) is 1. The summed E-state index contributed by atoms with van der Waals surface area (Å²) < 4.78 is 4.62. The van der Waals surface area contributed by atoms with Gasteiger partial charge in [-0.1, -0.05) is 5.16 Å². The van der Waals surface area contributed by atoms with E-state index in [1.807, 2.05) is 4.90 Å². The number of aromatic nitrogens is 1. The number of likely N-dealkylation sites (tertiary alicyclic amines) is 1. The molecule has 2 rings (SSSR count). The number of hydrogen-bond donors (Lipinski definition) is 1. The number of hydrogen-bond acceptors (Lipinski definition) is 3. The average molecular weight is 195 g/mol. The first-order valence-electron chi connectivity index (χ1n) is 4.81. The third kappa shape index (κ3) is 2.04. The van der Waals surface area contributed by atoms with E-state index in [2.05, 4.69) is 15.0 Å². The molecule has 0 spiro atoms. The van der Waals surface area contributed by atoms with Crippen molar-refractivity contribution < 1.29 is 9.32 Å². The van der Waals surface area contributed by atoms with Crippen LogP contribution in [0.4, 0.5) is 10.5 Å². The first-order valence-corrected chi connectivity index (χ1v) is 4.81. The number of piperidine rings is 1. The molecular weight excluding hydrogens is 182 g/mol. The van der Waals surface area contributed by atoms with Crippen LogP contribution in [0, 0.1) is 0 Å². The van der Waals surface area contributed by atoms with Gasteiger partial charge < -0.3 is 14.7 Å². The molecule has 0 radical (unpaired) electrons. The molecule has 1 aliphatic rings. The molecule has 5 nitrogen and oxygen atoms in total. The molecular formula is C9H13N3O2. The van der Waals surface area contributed by atoms with E-state index < -0.39 is 0 Å². The van der Waals surface area contributed by atoms with Crippen LogP contribution in [0.5, 0.6) is 0 Å². The zero-order valence-electron chi connectivity index (χ0n) is 7.90. The van der Waals surface area contributed by atoms with E-state index in [-0.39, 0.29) is 6.03 Å². The maximum Gasteiger partial charge on any atom is 0.321 e. The van der Waals surface area contributed by atoms with Gasteiger partial charge in [-0.2, -0.15) is 0 Å². The van der Waals surface area contributed by atoms with Gasteiger partial charge in [-0.25, -0.2) is 4.79 Å². The minimum atomic E-state index is -0.0621. The lowest BCUT2D eigenvalue weighted by Gasteiger charge is -2.26. The number of carbonyl (C=O) groups excluding carboxylic acids is 1. The molecule has 1 N–H and O–H groups in total. The molecule has 76 valence electrons. The normalized spacial score (nSPS) is 16.7. The summed E-state index contributed by atoms with van der Waals surface area (Å²) in [6.07, 6.45) is 6.31. The van der Waals surface area contributed by atoms with Crippen molar-refractivity contribution in [2.24, 2.45) is 0 Å². The number of amides is 2. The van der Waals surface area contributed by atoms with E-state index in [9.17, 15) is 4.79 Å². The lowest BCUT2D eigenvalue weighted by molar-refractivity contribution is 0.200. The van der Waals surface area contributed by atoms with Gasteiger partial charge in [-0.15, -0.1) is 0 Å². The Morgan fingerprint density at radius 3 is 2.86 bits per heavy atom. The Labute approximate surface area is 82.1 Å². The fourth-order valence-electron chi connectivity index (χ4n) is 1.57. The molecule has 0 atom stereocenters. The van der Waals surface area contributed by atoms with Crippen LogP contribution in [-0.2, 0) is 0 Å². The van der Waals surface area contributed by atoms with Gasteiger partial charge in [0.15, 0.2) is 0 Å². The van der Waals surface area contributed by atoms with Gasteiger partial charge in [0.25, 0.3) is 0 Å². The van der Waals surface area contributed by atoms with Crippen molar-refractivity contribution in [2.45, 2.75) is 19.3 Å². The summed E-state index contributed by atoms with van der Waals surface area (Å²) in [6.45, 7) is 1.69. The summed E-state index contributed by atoms with van der Waals surface area (Å²) in [4.78, 5) is 13.4. The summed E-state index contributed by atoms with van der Waals surface area (Å²) in [5, 5.41) is 6.23. The smallest absolute Gasteiger partial charge is 0.321 e. The highest BCUT2D eigenvalue weighted by Gasteiger charge is 2.16. The topological polar surface area (TPSA) is 58.4 Å². The van der Waals surface area contributed by atoms with Crippen LogP contribution in [0.1, 0.15) is 19.3 Å². The zero-order chi connectivity index (χ0) is 9.80. The standard InChI is InChI=1S/C9H13N3O2/c13-9(11-8-6-10-14-7-8)12-4-2-1-3-5-12/h6-7H,1-5H2,(H,11,13). The minimum absolute atomic E-state index is 0.0621. The number of anilines is 1. The molecule has 0 unspecified atom stereocenters. The van der Waals surface area contributed by atoms with Crippen LogP contribution in [0.2, 0.25) is 0 Å². The monoisotopic (exact) mass is 195 g/mol. The summed E-state index contributed by atoms with van der Waals surface area (Å²) in [7, 11) is 0. The summed E-state index contributed by atoms with van der Waals surface area (Å²) in [5.41, 5.74) is 0.612. The first kappa shape index (κ1) is 9.05. The van der Waals surface area contributed by atoms with Gasteiger partial charge in [-0.3, -0.25) is 0 Å². The van der Waals surface area contributed by atoms with Crippen LogP contribution < -0.4 is 5.32 Å². The average Bonchev–Trinajstić information content (AvgIpc) is 2.72. The molecule has 2 amide bonds. The van der Waals surface area contributed by atoms with Crippen molar-refractivity contribution >= 4 is 11.7 Å². The molecule has 5 heteroatoms. The van der Waals surface area contributed by atoms with Crippen molar-refractivity contribution in [3.63, 3.8) is 0 Å². The largest absolute Gasteiger partial charge is 0.363 e. The van der Waals surface area contributed by atoms with Gasteiger partial charge in [0.05, 0.1) is 6.20 Å². The number of rotatable bonds is 1. The molecule has 14 heavy (non-hydrogen) atoms. The maximum absolute atomic E-state index is 11.6. The van der Waals surface area contributed by atoms with Crippen molar-refractivity contribution in [2.75, 3.05) is 18.4 Å². The summed E-state index contributed by atoms with van der Waals surface area (Å²) in [5.74, 6) is 0. The van der Waals surface area contributed by atoms with Crippen molar-refractivity contribution in [3.8, 4) is 0 Å². The Balaban J connectivity index is 1.88. The highest BCUT2D eigenvalue weighted by atomic mass is 16.5. The predicted octanol–water partition coefficient (Wildman–Crippen LogP) is 1.69. The molecule has 0 bridgehead atoms. The quantitative estimate of drug-likeness (QED) is 0.741. The van der Waals surface area contributed by atoms with Gasteiger partial charge in [0.2, 0.25) is 0 Å². The van der Waals surface area contributed by atoms with Gasteiger partial charge >= 0.3 is 6.03 Å². The van der Waals surface area contributed by atoms with Crippen LogP contribution >= 0.6 is 0 Å². The maximum atomic E-state index is 11.6. The Bertz CT molecular complexity index is 291. The molecule has 0 saturated carbocycles. The SMILES string of the molecule is O=C(Nc1cnoc1)N1CCCCC1. The summed E-state index contributed by atoms with van der Waals surface area (Å²) in [6, 6.07) is -0.0621. The Morgan fingerprint density at radius 1 is 1.43 bits per heavy atom. The third-order valence-corrected chi connectivity index (χ3v) is 2.33. The predicted molar refractivity (Wildman–Crippen MR) is 50.9 cm³/mol. The first-order chi connectivity index (χ1) is 6.86. The van der Waals surface area contributed by atoms with E-state index in [1.54, 1.807) is 0 Å². The van der Waals surface area contributed by atoms with Crippen molar-refractivity contribution in [3.05, 3.63) is 12.5 Å². The molecule has 2 heterocycles. The fraction of sp³-hybridized carbons (Fsp3) is 0.556. The van der Waals surface area contributed by atoms with Crippen LogP contribution in [0.25, 0.3) is 0 Å². The highest BCUT2D eigenvalue weighted by Crippen LogP contribution is 2.11. The molecule has 1 fully saturated rings. The van der Waals surface area contributed by atoms with Crippen LogP contribution in [-0.4, -0.2) is 29.2 Å². The minimum Gasteiger partial charge on any atom is -0.363 e. The molecule has 1 aliphatic heterocycles. The van der Waals surface area contributed by atoms with Gasteiger partial charge in [0, 0.05) is 13.1 Å². The molecule has 1 aromatic rings. The zero-order valence-corrected chi connectivity index (χ0v) is 7.90. The second-order valence-corrected chi connectivity index (χ2v) is 3.39. The van der Waals surface area contributed by atoms with Crippen molar-refractivity contribution in [1.82, 2.24) is 10.1 Å². The second kappa shape index (κ2) is 4.13. The van der Waals surface area contributed by atoms with E-state index in [0.29, 0.717) is 5.69 Å². The second-order valence-electron chi connectivity index (χ2n) is 3.39. The fourth-order valence-corrected chi connectivity index (χ4v) is 1.57. The third-order valence-electron chi connectivity index (χ3n) is 2.33. The van der Waals surface area contributed by atoms with E-state index >= 15 is 0 Å². The number of nitrogens with zero attached hydrogens (tertiary/aromatic N) is 2. The Kier molecular flexibility index (Phi) is 2.67. The molecule has 1 saturated heterocycles. The van der Waals surface area contributed by atoms with Gasteiger partial charge in [-0.05, 0) is 19.3 Å². The van der Waals surface area contributed by atoms with E-state index in [4.69, 9.17) is 0 Å². The van der Waals surface area contributed by atoms with Gasteiger partial charge in [0.1, 0.15) is 12.0 Å². The van der Waals surface area contributed by atoms with Crippen LogP contribution in [0.15, 0.2) is 17.0 Å². The van der Waals surface area contributed by atoms with Crippen molar-refractivity contribution in [1.29, 1.82) is 0 Å². The summed E-state index contributed by atoms with van der Waals surface area (Å²) >= 11 is 0. The lowest BCUT2D eigenvalue weighted by Crippen LogP contribution is -2.38. The lowest BCUT2D eigenvalue weighted by atomic mass is 10.1. The highest BCUT2D eigenvalue weighted by molar-refractivity contribution is 5.88. The van der Waals surface area contributed by atoms with E-state index in [1.165, 1.54) is 18.9 Å². The van der Waals surface area contributed by atoms with E-state index in [0.717, 1.165) is 25.9 Å². The Morgan fingerprint density at radius 2 is 2.21 bits per heavy atom. The Hall–Kier alpha value is -1.52. The molecule has 1 aromatic heterocycles. The van der Waals surface area contributed by atoms with Crippen LogP contribution in [0.3, 0.4) is 0 Å². The molecule has 0 aliphatic carbocycles.